The molecule has 6 nitrogen and oxygen atoms in total. The third-order valence-corrected chi connectivity index (χ3v) is 3.82. The Morgan fingerprint density at radius 3 is 1.52 bits per heavy atom. The lowest BCUT2D eigenvalue weighted by Gasteiger charge is -2.37. The first-order valence-corrected chi connectivity index (χ1v) is 7.45. The van der Waals surface area contributed by atoms with Crippen LogP contribution < -0.4 is 0 Å². The molecule has 0 aromatic heterocycles. The maximum atomic E-state index is 12.7. The first kappa shape index (κ1) is 26.8. The molecule has 0 aliphatic heterocycles. The van der Waals surface area contributed by atoms with Crippen LogP contribution in [0.5, 0.6) is 0 Å². The van der Waals surface area contributed by atoms with Gasteiger partial charge >= 0.3 is 42.0 Å². The number of esters is 3. The molecule has 15 heteroatoms. The van der Waals surface area contributed by atoms with Gasteiger partial charge in [-0.15, -0.1) is 0 Å². The SMILES string of the molecule is CCC(C)(CC(=O)OC)C(=O)OCC(=O)OC(C(F)(F)F)(C(F)(F)F)C(F)(F)F. The number of alkyl halides is 9. The van der Waals surface area contributed by atoms with E-state index in [0.29, 0.717) is 0 Å². The molecule has 0 aliphatic rings. The van der Waals surface area contributed by atoms with E-state index in [1.54, 1.807) is 0 Å². The Labute approximate surface area is 157 Å². The van der Waals surface area contributed by atoms with E-state index in [1.807, 2.05) is 0 Å². The summed E-state index contributed by atoms with van der Waals surface area (Å²) in [7, 11) is 0.951. The third-order valence-electron chi connectivity index (χ3n) is 3.82. The van der Waals surface area contributed by atoms with Crippen LogP contribution in [0.4, 0.5) is 39.5 Å². The molecule has 0 radical (unpaired) electrons. The number of carbonyl (C=O) groups excluding carboxylic acids is 3. The molecule has 0 bridgehead atoms. The predicted octanol–water partition coefficient (Wildman–Crippen LogP) is 3.48. The van der Waals surface area contributed by atoms with Crippen molar-refractivity contribution < 1.29 is 68.1 Å². The van der Waals surface area contributed by atoms with Gasteiger partial charge in [0.05, 0.1) is 18.9 Å². The van der Waals surface area contributed by atoms with Crippen molar-refractivity contribution in [3.63, 3.8) is 0 Å². The number of methoxy groups -OCH3 is 1. The standard InChI is InChI=1S/C14H15F9O6/c1-4-10(2,5-7(24)27-3)9(26)28-6-8(25)29-11(12(15,16)17,13(18,19)20)14(21,22)23/h4-6H2,1-3H3. The lowest BCUT2D eigenvalue weighted by molar-refractivity contribution is -0.446. The molecule has 0 spiro atoms. The van der Waals surface area contributed by atoms with Crippen molar-refractivity contribution in [3.8, 4) is 0 Å². The van der Waals surface area contributed by atoms with Gasteiger partial charge in [-0.1, -0.05) is 6.92 Å². The van der Waals surface area contributed by atoms with E-state index >= 15 is 0 Å². The van der Waals surface area contributed by atoms with E-state index in [0.717, 1.165) is 14.0 Å². The molecule has 0 aromatic carbocycles. The van der Waals surface area contributed by atoms with Gasteiger partial charge in [-0.2, -0.15) is 39.5 Å². The van der Waals surface area contributed by atoms with Crippen molar-refractivity contribution in [2.75, 3.05) is 13.7 Å². The van der Waals surface area contributed by atoms with Crippen LogP contribution >= 0.6 is 0 Å². The maximum absolute atomic E-state index is 12.7. The number of hydrogen-bond acceptors (Lipinski definition) is 6. The Morgan fingerprint density at radius 2 is 1.21 bits per heavy atom. The summed E-state index contributed by atoms with van der Waals surface area (Å²) in [5.74, 6) is -5.17. The molecule has 0 amide bonds. The Bertz CT molecular complexity index is 586. The molecular weight excluding hydrogens is 435 g/mol. The zero-order valence-corrected chi connectivity index (χ0v) is 15.0. The fourth-order valence-corrected chi connectivity index (χ4v) is 1.89. The predicted molar refractivity (Wildman–Crippen MR) is 73.0 cm³/mol. The molecule has 0 fully saturated rings. The van der Waals surface area contributed by atoms with Crippen LogP contribution in [0.25, 0.3) is 0 Å². The molecule has 0 heterocycles. The second kappa shape index (κ2) is 8.65. The Balaban J connectivity index is 5.59. The van der Waals surface area contributed by atoms with Crippen molar-refractivity contribution in [2.24, 2.45) is 5.41 Å². The summed E-state index contributed by atoms with van der Waals surface area (Å²) in [6.07, 6.45) is -22.2. The van der Waals surface area contributed by atoms with E-state index in [2.05, 4.69) is 14.2 Å². The summed E-state index contributed by atoms with van der Waals surface area (Å²) in [5, 5.41) is 0. The topological polar surface area (TPSA) is 78.9 Å². The summed E-state index contributed by atoms with van der Waals surface area (Å²) in [4.78, 5) is 34.5. The van der Waals surface area contributed by atoms with Gasteiger partial charge < -0.3 is 14.2 Å². The lowest BCUT2D eigenvalue weighted by Crippen LogP contribution is -2.68. The minimum absolute atomic E-state index is 0.159. The number of hydrogen-bond donors (Lipinski definition) is 0. The van der Waals surface area contributed by atoms with Gasteiger partial charge in [-0.05, 0) is 13.3 Å². The van der Waals surface area contributed by atoms with E-state index in [4.69, 9.17) is 0 Å². The summed E-state index contributed by atoms with van der Waals surface area (Å²) in [6, 6.07) is 0. The molecule has 0 aliphatic carbocycles. The van der Waals surface area contributed by atoms with Gasteiger partial charge in [-0.25, -0.2) is 4.79 Å². The molecule has 29 heavy (non-hydrogen) atoms. The van der Waals surface area contributed by atoms with E-state index in [-0.39, 0.29) is 6.42 Å². The van der Waals surface area contributed by atoms with Crippen LogP contribution in [0, 0.1) is 5.41 Å². The summed E-state index contributed by atoms with van der Waals surface area (Å²) in [6.45, 7) is 0.424. The highest BCUT2D eigenvalue weighted by molar-refractivity contribution is 5.84. The van der Waals surface area contributed by atoms with Crippen LogP contribution in [-0.2, 0) is 28.6 Å². The second-order valence-electron chi connectivity index (χ2n) is 5.89. The number of halogens is 9. The Morgan fingerprint density at radius 1 is 0.793 bits per heavy atom. The smallest absolute Gasteiger partial charge is 0.447 e. The molecule has 170 valence electrons. The van der Waals surface area contributed by atoms with Crippen molar-refractivity contribution in [1.29, 1.82) is 0 Å². The van der Waals surface area contributed by atoms with Gasteiger partial charge in [0, 0.05) is 0 Å². The largest absolute Gasteiger partial charge is 0.469 e. The van der Waals surface area contributed by atoms with Crippen LogP contribution in [0.15, 0.2) is 0 Å². The average Bonchev–Trinajstić information content (AvgIpc) is 2.53. The maximum Gasteiger partial charge on any atom is 0.447 e. The summed E-state index contributed by atoms with van der Waals surface area (Å²) in [5.41, 5.74) is -8.54. The normalized spacial score (nSPS) is 15.3. The van der Waals surface area contributed by atoms with E-state index < -0.39 is 60.5 Å². The van der Waals surface area contributed by atoms with Gasteiger partial charge in [0.1, 0.15) is 0 Å². The quantitative estimate of drug-likeness (QED) is 0.336. The molecular formula is C14H15F9O6. The van der Waals surface area contributed by atoms with Crippen molar-refractivity contribution >= 4 is 17.9 Å². The van der Waals surface area contributed by atoms with Gasteiger partial charge in [-0.3, -0.25) is 9.59 Å². The van der Waals surface area contributed by atoms with Crippen molar-refractivity contribution in [3.05, 3.63) is 0 Å². The Hall–Kier alpha value is -2.22. The third kappa shape index (κ3) is 5.65. The molecule has 0 saturated heterocycles. The molecule has 1 atom stereocenters. The zero-order valence-electron chi connectivity index (χ0n) is 15.0. The van der Waals surface area contributed by atoms with E-state index in [1.165, 1.54) is 6.92 Å². The average molecular weight is 450 g/mol. The molecule has 0 rings (SSSR count). The highest BCUT2D eigenvalue weighted by Gasteiger charge is 2.87. The lowest BCUT2D eigenvalue weighted by atomic mass is 9.84. The monoisotopic (exact) mass is 450 g/mol. The van der Waals surface area contributed by atoms with Gasteiger partial charge in [0.25, 0.3) is 0 Å². The zero-order chi connectivity index (χ0) is 23.5. The summed E-state index contributed by atoms with van der Waals surface area (Å²) >= 11 is 0. The summed E-state index contributed by atoms with van der Waals surface area (Å²) < 4.78 is 125. The van der Waals surface area contributed by atoms with Crippen LogP contribution in [0.3, 0.4) is 0 Å². The molecule has 0 N–H and O–H groups in total. The fraction of sp³-hybridized carbons (Fsp3) is 0.786. The minimum Gasteiger partial charge on any atom is -0.469 e. The molecule has 0 aromatic rings. The van der Waals surface area contributed by atoms with Gasteiger partial charge in [0.2, 0.25) is 0 Å². The van der Waals surface area contributed by atoms with Crippen LogP contribution in [-0.4, -0.2) is 55.8 Å². The van der Waals surface area contributed by atoms with Crippen LogP contribution in [0.1, 0.15) is 26.7 Å². The van der Waals surface area contributed by atoms with E-state index in [9.17, 15) is 53.9 Å². The number of carbonyl (C=O) groups is 3. The fourth-order valence-electron chi connectivity index (χ4n) is 1.89. The number of ether oxygens (including phenoxy) is 3. The minimum atomic E-state index is -7.12. The van der Waals surface area contributed by atoms with Crippen molar-refractivity contribution in [1.82, 2.24) is 0 Å². The first-order valence-electron chi connectivity index (χ1n) is 7.45. The highest BCUT2D eigenvalue weighted by atomic mass is 19.4. The second-order valence-corrected chi connectivity index (χ2v) is 5.89. The van der Waals surface area contributed by atoms with Gasteiger partial charge in [0.15, 0.2) is 6.61 Å². The molecule has 1 unspecified atom stereocenters. The van der Waals surface area contributed by atoms with Crippen LogP contribution in [0.2, 0.25) is 0 Å². The highest BCUT2D eigenvalue weighted by Crippen LogP contribution is 2.54. The first-order chi connectivity index (χ1) is 12.8. The Kier molecular flexibility index (Phi) is 7.99. The molecule has 0 saturated carbocycles. The van der Waals surface area contributed by atoms with Crippen molar-refractivity contribution in [2.45, 2.75) is 50.8 Å². The number of rotatable bonds is 7.